The number of nitriles is 1. The maximum Gasteiger partial charge on any atom is 0.245 e. The van der Waals surface area contributed by atoms with E-state index in [2.05, 4.69) is 12.2 Å². The number of ether oxygens (including phenoxy) is 1. The van der Waals surface area contributed by atoms with Crippen LogP contribution in [0.5, 0.6) is 5.75 Å². The Bertz CT molecular complexity index is 575. The molecule has 0 saturated heterocycles. The molecule has 0 aliphatic rings. The zero-order chi connectivity index (χ0) is 17.9. The van der Waals surface area contributed by atoms with E-state index in [9.17, 15) is 9.59 Å². The van der Waals surface area contributed by atoms with Gasteiger partial charge in [0.2, 0.25) is 5.91 Å². The molecule has 5 heteroatoms. The molecule has 24 heavy (non-hydrogen) atoms. The Balaban J connectivity index is 2.46. The number of rotatable bonds is 10. The van der Waals surface area contributed by atoms with Gasteiger partial charge in [-0.1, -0.05) is 38.8 Å². The van der Waals surface area contributed by atoms with Crippen molar-refractivity contribution in [3.63, 3.8) is 0 Å². The van der Waals surface area contributed by atoms with Gasteiger partial charge in [-0.25, -0.2) is 0 Å². The molecule has 0 spiro atoms. The van der Waals surface area contributed by atoms with Crippen LogP contribution in [0, 0.1) is 23.2 Å². The highest BCUT2D eigenvalue weighted by Gasteiger charge is 2.26. The van der Waals surface area contributed by atoms with E-state index in [1.807, 2.05) is 37.3 Å². The predicted molar refractivity (Wildman–Crippen MR) is 92.5 cm³/mol. The molecule has 1 rings (SSSR count). The van der Waals surface area contributed by atoms with E-state index in [1.54, 1.807) is 7.11 Å². The van der Waals surface area contributed by atoms with Gasteiger partial charge in [-0.3, -0.25) is 9.59 Å². The Kier molecular flexibility index (Phi) is 8.56. The molecular weight excluding hydrogens is 304 g/mol. The molecule has 0 aromatic heterocycles. The van der Waals surface area contributed by atoms with Crippen molar-refractivity contribution < 1.29 is 14.3 Å². The van der Waals surface area contributed by atoms with Gasteiger partial charge >= 0.3 is 0 Å². The maximum absolute atomic E-state index is 12.1. The Morgan fingerprint density at radius 1 is 1.29 bits per heavy atom. The third-order valence-electron chi connectivity index (χ3n) is 3.92. The Hall–Kier alpha value is -2.35. The van der Waals surface area contributed by atoms with E-state index >= 15 is 0 Å². The summed E-state index contributed by atoms with van der Waals surface area (Å²) >= 11 is 0. The highest BCUT2D eigenvalue weighted by Crippen LogP contribution is 2.14. The Labute approximate surface area is 144 Å². The van der Waals surface area contributed by atoms with Crippen LogP contribution in [0.2, 0.25) is 0 Å². The molecule has 1 amide bonds. The second-order valence-corrected chi connectivity index (χ2v) is 6.02. The van der Waals surface area contributed by atoms with E-state index in [0.717, 1.165) is 24.2 Å². The number of ketones is 1. The lowest BCUT2D eigenvalue weighted by Gasteiger charge is -2.13. The summed E-state index contributed by atoms with van der Waals surface area (Å²) < 4.78 is 5.09. The van der Waals surface area contributed by atoms with Gasteiger partial charge in [-0.2, -0.15) is 5.26 Å². The van der Waals surface area contributed by atoms with E-state index in [-0.39, 0.29) is 18.1 Å². The monoisotopic (exact) mass is 330 g/mol. The first-order chi connectivity index (χ1) is 11.5. The minimum Gasteiger partial charge on any atom is -0.497 e. The molecule has 0 saturated carbocycles. The number of carbonyl (C=O) groups is 2. The molecule has 0 aliphatic heterocycles. The number of nitrogens with one attached hydrogen (secondary N) is 1. The normalized spacial score (nSPS) is 12.8. The number of benzene rings is 1. The molecule has 2 atom stereocenters. The third kappa shape index (κ3) is 6.41. The fraction of sp³-hybridized carbons (Fsp3) is 0.526. The smallest absolute Gasteiger partial charge is 0.245 e. The van der Waals surface area contributed by atoms with Gasteiger partial charge in [0.15, 0.2) is 11.7 Å². The molecule has 130 valence electrons. The van der Waals surface area contributed by atoms with E-state index < -0.39 is 11.8 Å². The molecule has 0 bridgehead atoms. The first-order valence-electron chi connectivity index (χ1n) is 8.34. The van der Waals surface area contributed by atoms with Crippen molar-refractivity contribution >= 4 is 11.7 Å². The van der Waals surface area contributed by atoms with Crippen molar-refractivity contribution in [2.45, 2.75) is 39.5 Å². The molecule has 0 fully saturated rings. The molecule has 0 aliphatic carbocycles. The van der Waals surface area contributed by atoms with Crippen molar-refractivity contribution in [3.8, 4) is 11.8 Å². The topological polar surface area (TPSA) is 79.2 Å². The zero-order valence-corrected chi connectivity index (χ0v) is 14.7. The number of nitrogens with zero attached hydrogens (tertiary/aromatic N) is 1. The van der Waals surface area contributed by atoms with Crippen LogP contribution in [0.25, 0.3) is 0 Å². The largest absolute Gasteiger partial charge is 0.497 e. The first kappa shape index (κ1) is 19.7. The van der Waals surface area contributed by atoms with E-state index in [4.69, 9.17) is 10.00 Å². The van der Waals surface area contributed by atoms with Crippen LogP contribution < -0.4 is 10.1 Å². The van der Waals surface area contributed by atoms with Gasteiger partial charge in [0.1, 0.15) is 5.75 Å². The highest BCUT2D eigenvalue weighted by atomic mass is 16.5. The number of hydrogen-bond donors (Lipinski definition) is 1. The van der Waals surface area contributed by atoms with Crippen molar-refractivity contribution in [2.75, 3.05) is 13.7 Å². The highest BCUT2D eigenvalue weighted by molar-refractivity contribution is 6.03. The molecule has 5 nitrogen and oxygen atoms in total. The summed E-state index contributed by atoms with van der Waals surface area (Å²) in [6.45, 7) is 4.41. The summed E-state index contributed by atoms with van der Waals surface area (Å²) in [7, 11) is 1.61. The summed E-state index contributed by atoms with van der Waals surface area (Å²) in [5.41, 5.74) is 1.05. The van der Waals surface area contributed by atoms with Crippen molar-refractivity contribution in [1.29, 1.82) is 5.26 Å². The fourth-order valence-corrected chi connectivity index (χ4v) is 2.56. The standard InChI is InChI=1S/C19H26N2O3/c1-4-5-14(2)12-18(22)17(13-20)19(23)21-11-10-15-6-8-16(24-3)9-7-15/h6-9,14,17H,4-5,10-12H2,1-3H3,(H,21,23)/t14-,17-/m0/s1. The van der Waals surface area contributed by atoms with Crippen LogP contribution in [-0.2, 0) is 16.0 Å². The van der Waals surface area contributed by atoms with Crippen LogP contribution in [0.3, 0.4) is 0 Å². The lowest BCUT2D eigenvalue weighted by Crippen LogP contribution is -2.36. The van der Waals surface area contributed by atoms with Crippen LogP contribution in [0.4, 0.5) is 0 Å². The summed E-state index contributed by atoms with van der Waals surface area (Å²) in [4.78, 5) is 24.2. The second kappa shape index (κ2) is 10.4. The SMILES string of the molecule is CCC[C@H](C)CC(=O)[C@H](C#N)C(=O)NCCc1ccc(OC)cc1. The molecule has 0 radical (unpaired) electrons. The fourth-order valence-electron chi connectivity index (χ4n) is 2.56. The van der Waals surface area contributed by atoms with E-state index in [0.29, 0.717) is 13.0 Å². The van der Waals surface area contributed by atoms with Gasteiger partial charge in [-0.15, -0.1) is 0 Å². The lowest BCUT2D eigenvalue weighted by molar-refractivity contribution is -0.132. The van der Waals surface area contributed by atoms with Gasteiger partial charge in [0.25, 0.3) is 0 Å². The summed E-state index contributed by atoms with van der Waals surface area (Å²) in [6, 6.07) is 9.39. The molecule has 1 aromatic carbocycles. The number of carbonyl (C=O) groups excluding carboxylic acids is 2. The molecule has 0 heterocycles. The quantitative estimate of drug-likeness (QED) is 0.669. The predicted octanol–water partition coefficient (Wildman–Crippen LogP) is 2.89. The van der Waals surface area contributed by atoms with Crippen molar-refractivity contribution in [1.82, 2.24) is 5.32 Å². The third-order valence-corrected chi connectivity index (χ3v) is 3.92. The average molecular weight is 330 g/mol. The van der Waals surface area contributed by atoms with Gasteiger partial charge in [0, 0.05) is 13.0 Å². The van der Waals surface area contributed by atoms with Crippen molar-refractivity contribution in [2.24, 2.45) is 11.8 Å². The van der Waals surface area contributed by atoms with E-state index in [1.165, 1.54) is 0 Å². The molecule has 1 aromatic rings. The molecular formula is C19H26N2O3. The summed E-state index contributed by atoms with van der Waals surface area (Å²) in [6.07, 6.45) is 2.81. The maximum atomic E-state index is 12.1. The van der Waals surface area contributed by atoms with Crippen LogP contribution in [0.15, 0.2) is 24.3 Å². The number of methoxy groups -OCH3 is 1. The Morgan fingerprint density at radius 2 is 1.96 bits per heavy atom. The Morgan fingerprint density at radius 3 is 2.50 bits per heavy atom. The lowest BCUT2D eigenvalue weighted by atomic mass is 9.93. The van der Waals surface area contributed by atoms with Gasteiger partial charge < -0.3 is 10.1 Å². The van der Waals surface area contributed by atoms with Crippen LogP contribution >= 0.6 is 0 Å². The molecule has 0 unspecified atom stereocenters. The minimum atomic E-state index is -1.21. The minimum absolute atomic E-state index is 0.199. The van der Waals surface area contributed by atoms with Gasteiger partial charge in [0.05, 0.1) is 13.2 Å². The summed E-state index contributed by atoms with van der Waals surface area (Å²) in [5, 5.41) is 11.8. The number of hydrogen-bond acceptors (Lipinski definition) is 4. The summed E-state index contributed by atoms with van der Waals surface area (Å²) in [5.74, 6) is -1.02. The van der Waals surface area contributed by atoms with Crippen LogP contribution in [-0.4, -0.2) is 25.3 Å². The van der Waals surface area contributed by atoms with Gasteiger partial charge in [-0.05, 0) is 30.0 Å². The first-order valence-corrected chi connectivity index (χ1v) is 8.34. The average Bonchev–Trinajstić information content (AvgIpc) is 2.56. The number of Topliss-reactive ketones (excluding diaryl/α,β-unsaturated/α-hetero) is 1. The number of amides is 1. The zero-order valence-electron chi connectivity index (χ0n) is 14.7. The molecule has 1 N–H and O–H groups in total. The second-order valence-electron chi connectivity index (χ2n) is 6.02. The van der Waals surface area contributed by atoms with Crippen molar-refractivity contribution in [3.05, 3.63) is 29.8 Å². The van der Waals surface area contributed by atoms with Crippen LogP contribution in [0.1, 0.15) is 38.7 Å².